The maximum atomic E-state index is 2.86. The lowest BCUT2D eigenvalue weighted by molar-refractivity contribution is 0.0216. The van der Waals surface area contributed by atoms with E-state index in [1.165, 1.54) is 51.6 Å². The molecule has 3 atom stereocenters. The molecule has 0 N–H and O–H groups in total. The molecule has 0 radical (unpaired) electrons. The molecule has 2 bridgehead atoms. The minimum atomic E-state index is 0.408. The van der Waals surface area contributed by atoms with Gasteiger partial charge in [-0.1, -0.05) is 51.0 Å². The monoisotopic (exact) mass is 283 g/mol. The first-order valence-corrected chi connectivity index (χ1v) is 9.01. The molecule has 0 spiro atoms. The Morgan fingerprint density at radius 3 is 2.76 bits per heavy atom. The number of likely N-dealkylation sites (tertiary alicyclic amines) is 1. The lowest BCUT2D eigenvalue weighted by atomic mass is 9.59. The fourth-order valence-corrected chi connectivity index (χ4v) is 5.43. The van der Waals surface area contributed by atoms with Crippen molar-refractivity contribution in [3.8, 4) is 0 Å². The highest BCUT2D eigenvalue weighted by molar-refractivity contribution is 5.39. The third-order valence-corrected chi connectivity index (χ3v) is 7.00. The van der Waals surface area contributed by atoms with E-state index in [2.05, 4.69) is 43.0 Å². The Balaban J connectivity index is 1.62. The number of hydrogen-bond donors (Lipinski definition) is 0. The Morgan fingerprint density at radius 2 is 1.95 bits per heavy atom. The Kier molecular flexibility index (Phi) is 3.37. The van der Waals surface area contributed by atoms with Gasteiger partial charge in [-0.25, -0.2) is 0 Å². The van der Waals surface area contributed by atoms with Crippen molar-refractivity contribution >= 4 is 0 Å². The summed E-state index contributed by atoms with van der Waals surface area (Å²) >= 11 is 0. The third-order valence-electron chi connectivity index (χ3n) is 7.00. The van der Waals surface area contributed by atoms with Crippen LogP contribution < -0.4 is 0 Å². The molecule has 0 unspecified atom stereocenters. The lowest BCUT2D eigenvalue weighted by Crippen LogP contribution is -2.58. The van der Waals surface area contributed by atoms with E-state index in [-0.39, 0.29) is 0 Å². The molecule has 1 heterocycles. The van der Waals surface area contributed by atoms with Crippen molar-refractivity contribution in [1.29, 1.82) is 0 Å². The van der Waals surface area contributed by atoms with Gasteiger partial charge in [0.05, 0.1) is 0 Å². The molecule has 1 heteroatoms. The van der Waals surface area contributed by atoms with E-state index in [1.807, 2.05) is 0 Å². The van der Waals surface area contributed by atoms with Gasteiger partial charge in [-0.15, -0.1) is 0 Å². The lowest BCUT2D eigenvalue weighted by Gasteiger charge is -2.55. The molecule has 4 rings (SSSR count). The number of hydrogen-bond acceptors (Lipinski definition) is 1. The van der Waals surface area contributed by atoms with E-state index in [9.17, 15) is 0 Å². The van der Waals surface area contributed by atoms with E-state index in [0.717, 1.165) is 17.9 Å². The van der Waals surface area contributed by atoms with Crippen LogP contribution in [0, 0.1) is 11.8 Å². The van der Waals surface area contributed by atoms with Gasteiger partial charge in [0, 0.05) is 12.6 Å². The van der Waals surface area contributed by atoms with Crippen LogP contribution in [0.5, 0.6) is 0 Å². The molecule has 1 aromatic carbocycles. The van der Waals surface area contributed by atoms with E-state index < -0.39 is 0 Å². The predicted octanol–water partition coefficient (Wildman–Crippen LogP) is 4.40. The van der Waals surface area contributed by atoms with Crippen LogP contribution in [0.3, 0.4) is 0 Å². The van der Waals surface area contributed by atoms with Gasteiger partial charge in [-0.2, -0.15) is 0 Å². The summed E-state index contributed by atoms with van der Waals surface area (Å²) in [6.07, 6.45) is 8.52. The second kappa shape index (κ2) is 5.12. The van der Waals surface area contributed by atoms with Crippen molar-refractivity contribution in [2.24, 2.45) is 11.8 Å². The van der Waals surface area contributed by atoms with E-state index >= 15 is 0 Å². The highest BCUT2D eigenvalue weighted by Gasteiger charge is 2.48. The molecule has 0 amide bonds. The zero-order chi connectivity index (χ0) is 14.4. The van der Waals surface area contributed by atoms with Crippen molar-refractivity contribution in [2.45, 2.75) is 63.8 Å². The summed E-state index contributed by atoms with van der Waals surface area (Å²) in [4.78, 5) is 2.86. The molecule has 1 aliphatic heterocycles. The molecule has 1 nitrogen and oxygen atoms in total. The van der Waals surface area contributed by atoms with Gasteiger partial charge in [0.2, 0.25) is 0 Å². The highest BCUT2D eigenvalue weighted by atomic mass is 15.2. The van der Waals surface area contributed by atoms with E-state index in [0.29, 0.717) is 5.41 Å². The average Bonchev–Trinajstić information content (AvgIpc) is 2.99. The summed E-state index contributed by atoms with van der Waals surface area (Å²) in [6, 6.07) is 10.0. The summed E-state index contributed by atoms with van der Waals surface area (Å²) in [6.45, 7) is 7.72. The van der Waals surface area contributed by atoms with Crippen molar-refractivity contribution in [1.82, 2.24) is 4.90 Å². The van der Waals surface area contributed by atoms with E-state index in [4.69, 9.17) is 0 Å². The van der Waals surface area contributed by atoms with Crippen LogP contribution in [0.4, 0.5) is 0 Å². The molecule has 3 aliphatic rings. The zero-order valence-corrected chi connectivity index (χ0v) is 13.6. The Morgan fingerprint density at radius 1 is 1.19 bits per heavy atom. The Hall–Kier alpha value is -0.820. The van der Waals surface area contributed by atoms with Crippen molar-refractivity contribution in [3.05, 3.63) is 35.4 Å². The van der Waals surface area contributed by atoms with Crippen LogP contribution in [0.25, 0.3) is 0 Å². The van der Waals surface area contributed by atoms with Gasteiger partial charge in [0.1, 0.15) is 0 Å². The van der Waals surface area contributed by atoms with Crippen molar-refractivity contribution < 1.29 is 0 Å². The maximum absolute atomic E-state index is 2.86. The minimum Gasteiger partial charge on any atom is -0.299 e. The summed E-state index contributed by atoms with van der Waals surface area (Å²) in [5.41, 5.74) is 3.68. The SMILES string of the molecule is C[C@@H]1[C@H]2Cc3ccccc3[C@]1(C)CCN2CC1CCCC1. The number of piperidine rings is 1. The largest absolute Gasteiger partial charge is 0.299 e. The predicted molar refractivity (Wildman–Crippen MR) is 88.6 cm³/mol. The zero-order valence-electron chi connectivity index (χ0n) is 13.6. The molecule has 2 fully saturated rings. The van der Waals surface area contributed by atoms with Crippen LogP contribution in [-0.4, -0.2) is 24.0 Å². The average molecular weight is 283 g/mol. The van der Waals surface area contributed by atoms with Gasteiger partial charge in [0.15, 0.2) is 0 Å². The van der Waals surface area contributed by atoms with Crippen LogP contribution in [0.15, 0.2) is 24.3 Å². The van der Waals surface area contributed by atoms with Crippen molar-refractivity contribution in [3.63, 3.8) is 0 Å². The second-order valence-electron chi connectivity index (χ2n) is 8.03. The fraction of sp³-hybridized carbons (Fsp3) is 0.700. The van der Waals surface area contributed by atoms with Crippen LogP contribution >= 0.6 is 0 Å². The highest BCUT2D eigenvalue weighted by Crippen LogP contribution is 2.48. The molecule has 21 heavy (non-hydrogen) atoms. The second-order valence-corrected chi connectivity index (χ2v) is 8.03. The molecule has 1 aromatic rings. The summed E-state index contributed by atoms with van der Waals surface area (Å²) in [7, 11) is 0. The van der Waals surface area contributed by atoms with Crippen LogP contribution in [-0.2, 0) is 11.8 Å². The molecule has 1 saturated heterocycles. The normalized spacial score (nSPS) is 36.7. The smallest absolute Gasteiger partial charge is 0.0170 e. The quantitative estimate of drug-likeness (QED) is 0.777. The van der Waals surface area contributed by atoms with Gasteiger partial charge in [-0.3, -0.25) is 4.90 Å². The first kappa shape index (κ1) is 13.8. The number of benzene rings is 1. The van der Waals surface area contributed by atoms with Gasteiger partial charge >= 0.3 is 0 Å². The first-order valence-electron chi connectivity index (χ1n) is 9.01. The number of rotatable bonds is 2. The van der Waals surface area contributed by atoms with Gasteiger partial charge < -0.3 is 0 Å². The van der Waals surface area contributed by atoms with Gasteiger partial charge in [0.25, 0.3) is 0 Å². The molecular formula is C20H29N. The molecular weight excluding hydrogens is 254 g/mol. The molecule has 114 valence electrons. The number of nitrogens with zero attached hydrogens (tertiary/aromatic N) is 1. The van der Waals surface area contributed by atoms with Crippen LogP contribution in [0.1, 0.15) is 57.1 Å². The standard InChI is InChI=1S/C20H29N/c1-15-19-13-17-9-5-6-10-18(17)20(15,2)11-12-21(19)14-16-7-3-4-8-16/h5-6,9-10,15-16,19H,3-4,7-8,11-14H2,1-2H3/t15-,19-,20-/m1/s1. The Bertz CT molecular complexity index is 516. The van der Waals surface area contributed by atoms with E-state index in [1.54, 1.807) is 11.1 Å². The molecule has 1 saturated carbocycles. The maximum Gasteiger partial charge on any atom is 0.0170 e. The third kappa shape index (κ3) is 2.16. The minimum absolute atomic E-state index is 0.408. The first-order chi connectivity index (χ1) is 10.2. The Labute approximate surface area is 129 Å². The van der Waals surface area contributed by atoms with Crippen molar-refractivity contribution in [2.75, 3.05) is 13.1 Å². The fourth-order valence-electron chi connectivity index (χ4n) is 5.43. The van der Waals surface area contributed by atoms with Crippen LogP contribution in [0.2, 0.25) is 0 Å². The number of fused-ring (bicyclic) bond motifs is 4. The molecule has 0 aromatic heterocycles. The topological polar surface area (TPSA) is 3.24 Å². The summed E-state index contributed by atoms with van der Waals surface area (Å²) < 4.78 is 0. The van der Waals surface area contributed by atoms with Gasteiger partial charge in [-0.05, 0) is 60.6 Å². The summed E-state index contributed by atoms with van der Waals surface area (Å²) in [5, 5.41) is 0. The summed E-state index contributed by atoms with van der Waals surface area (Å²) in [5.74, 6) is 1.78. The molecule has 2 aliphatic carbocycles.